The van der Waals surface area contributed by atoms with E-state index >= 15 is 0 Å². The molecule has 0 radical (unpaired) electrons. The highest BCUT2D eigenvalue weighted by molar-refractivity contribution is 9.10. The minimum Gasteiger partial charge on any atom is -0.351 e. The Balaban J connectivity index is 1.58. The molecule has 0 N–H and O–H groups in total. The molecular formula is C19H23BrN6. The number of rotatable bonds is 0. The van der Waals surface area contributed by atoms with E-state index in [0.29, 0.717) is 6.04 Å². The molecule has 2 fully saturated rings. The van der Waals surface area contributed by atoms with Crippen molar-refractivity contribution in [2.24, 2.45) is 15.1 Å². The fourth-order valence-electron chi connectivity index (χ4n) is 4.30. The van der Waals surface area contributed by atoms with Crippen molar-refractivity contribution >= 4 is 45.2 Å². The van der Waals surface area contributed by atoms with Gasteiger partial charge in [-0.05, 0) is 44.5 Å². The molecule has 0 spiro atoms. The summed E-state index contributed by atoms with van der Waals surface area (Å²) in [5.41, 5.74) is 1.95. The maximum absolute atomic E-state index is 5.04. The summed E-state index contributed by atoms with van der Waals surface area (Å²) in [7, 11) is 0. The number of halogens is 1. The summed E-state index contributed by atoms with van der Waals surface area (Å²) in [4.78, 5) is 15.1. The molecule has 7 heteroatoms. The van der Waals surface area contributed by atoms with Gasteiger partial charge >= 0.3 is 0 Å². The summed E-state index contributed by atoms with van der Waals surface area (Å²) in [5.74, 6) is 1.88. The summed E-state index contributed by atoms with van der Waals surface area (Å²) in [6, 6.07) is 7.05. The molecule has 1 aromatic rings. The third-order valence-electron chi connectivity index (χ3n) is 5.67. The highest BCUT2D eigenvalue weighted by Crippen LogP contribution is 2.37. The van der Waals surface area contributed by atoms with Crippen LogP contribution in [0.1, 0.15) is 26.2 Å². The van der Waals surface area contributed by atoms with E-state index < -0.39 is 0 Å². The molecule has 2 unspecified atom stereocenters. The third kappa shape index (κ3) is 2.77. The monoisotopic (exact) mass is 414 g/mol. The van der Waals surface area contributed by atoms with Crippen LogP contribution in [0.2, 0.25) is 0 Å². The second kappa shape index (κ2) is 6.46. The summed E-state index contributed by atoms with van der Waals surface area (Å²) in [6.45, 7) is 6.55. The summed E-state index contributed by atoms with van der Waals surface area (Å²) in [6.07, 6.45) is 5.44. The molecule has 0 bridgehead atoms. The lowest BCUT2D eigenvalue weighted by Crippen LogP contribution is -2.56. The highest BCUT2D eigenvalue weighted by atomic mass is 79.9. The van der Waals surface area contributed by atoms with Crippen molar-refractivity contribution in [2.75, 3.05) is 31.2 Å². The SMILES string of the molecule is CC1CC=NN2C(=N1)C(N1CCN3CCCC3C1)=Nc1ccc(Br)cc12. The number of hydrogen-bond donors (Lipinski definition) is 0. The number of fused-ring (bicyclic) bond motifs is 4. The van der Waals surface area contributed by atoms with E-state index in [1.165, 1.54) is 19.4 Å². The topological polar surface area (TPSA) is 46.8 Å². The van der Waals surface area contributed by atoms with Crippen LogP contribution in [-0.2, 0) is 0 Å². The van der Waals surface area contributed by atoms with Gasteiger partial charge in [-0.15, -0.1) is 0 Å². The number of anilines is 1. The molecule has 26 heavy (non-hydrogen) atoms. The van der Waals surface area contributed by atoms with E-state index in [-0.39, 0.29) is 6.04 Å². The Morgan fingerprint density at radius 1 is 1.15 bits per heavy atom. The van der Waals surface area contributed by atoms with E-state index in [1.54, 1.807) is 0 Å². The first kappa shape index (κ1) is 16.4. The molecule has 0 aliphatic carbocycles. The maximum Gasteiger partial charge on any atom is 0.193 e. The second-order valence-electron chi connectivity index (χ2n) is 7.49. The lowest BCUT2D eigenvalue weighted by Gasteiger charge is -2.41. The minimum atomic E-state index is 0.213. The van der Waals surface area contributed by atoms with Gasteiger partial charge in [0.15, 0.2) is 11.7 Å². The molecule has 2 saturated heterocycles. The fraction of sp³-hybridized carbons (Fsp3) is 0.526. The van der Waals surface area contributed by atoms with E-state index in [1.807, 2.05) is 17.3 Å². The molecular weight excluding hydrogens is 392 g/mol. The summed E-state index contributed by atoms with van der Waals surface area (Å²) < 4.78 is 1.03. The predicted octanol–water partition coefficient (Wildman–Crippen LogP) is 3.26. The van der Waals surface area contributed by atoms with Crippen LogP contribution < -0.4 is 5.01 Å². The van der Waals surface area contributed by atoms with Gasteiger partial charge in [-0.2, -0.15) is 5.10 Å². The van der Waals surface area contributed by atoms with Crippen LogP contribution in [0.4, 0.5) is 11.4 Å². The lowest BCUT2D eigenvalue weighted by molar-refractivity contribution is 0.153. The van der Waals surface area contributed by atoms with Crippen LogP contribution in [0.15, 0.2) is 37.8 Å². The van der Waals surface area contributed by atoms with E-state index in [2.05, 4.69) is 44.8 Å². The molecule has 4 heterocycles. The molecule has 6 nitrogen and oxygen atoms in total. The number of piperazine rings is 1. The Kier molecular flexibility index (Phi) is 4.09. The van der Waals surface area contributed by atoms with Crippen molar-refractivity contribution < 1.29 is 0 Å². The molecule has 0 saturated carbocycles. The van der Waals surface area contributed by atoms with Crippen LogP contribution in [0, 0.1) is 0 Å². The number of hydrogen-bond acceptors (Lipinski definition) is 6. The summed E-state index contributed by atoms with van der Waals surface area (Å²) in [5, 5.41) is 6.71. The highest BCUT2D eigenvalue weighted by Gasteiger charge is 2.37. The lowest BCUT2D eigenvalue weighted by atomic mass is 10.1. The normalized spacial score (nSPS) is 28.1. The second-order valence-corrected chi connectivity index (χ2v) is 8.41. The average molecular weight is 415 g/mol. The minimum absolute atomic E-state index is 0.213. The molecule has 4 aliphatic rings. The molecule has 2 atom stereocenters. The zero-order valence-corrected chi connectivity index (χ0v) is 16.6. The van der Waals surface area contributed by atoms with Gasteiger partial charge < -0.3 is 4.90 Å². The largest absolute Gasteiger partial charge is 0.351 e. The molecule has 0 aromatic heterocycles. The molecule has 1 aromatic carbocycles. The quantitative estimate of drug-likeness (QED) is 0.654. The van der Waals surface area contributed by atoms with Gasteiger partial charge in [0, 0.05) is 42.8 Å². The molecule has 4 aliphatic heterocycles. The van der Waals surface area contributed by atoms with Gasteiger partial charge in [0.25, 0.3) is 0 Å². The Morgan fingerprint density at radius 3 is 3.00 bits per heavy atom. The third-order valence-corrected chi connectivity index (χ3v) is 6.16. The van der Waals surface area contributed by atoms with E-state index in [9.17, 15) is 0 Å². The van der Waals surface area contributed by atoms with Gasteiger partial charge in [0.05, 0.1) is 17.4 Å². The first-order chi connectivity index (χ1) is 12.7. The Morgan fingerprint density at radius 2 is 2.08 bits per heavy atom. The van der Waals surface area contributed by atoms with Crippen LogP contribution >= 0.6 is 15.9 Å². The zero-order valence-electron chi connectivity index (χ0n) is 15.0. The Hall–Kier alpha value is -1.73. The van der Waals surface area contributed by atoms with Crippen LogP contribution in [0.25, 0.3) is 0 Å². The standard InChI is InChI=1S/C19H23BrN6/c1-13-6-7-21-26-17-11-14(20)4-5-16(17)23-18(19(26)22-13)25-10-9-24-8-2-3-15(24)12-25/h4-5,7,11,13,15H,2-3,6,8-10,12H2,1H3. The first-order valence-corrected chi connectivity index (χ1v) is 10.3. The number of hydrazone groups is 1. The number of benzene rings is 1. The Labute approximate surface area is 162 Å². The first-order valence-electron chi connectivity index (χ1n) is 9.47. The van der Waals surface area contributed by atoms with Crippen molar-refractivity contribution in [2.45, 2.75) is 38.3 Å². The van der Waals surface area contributed by atoms with Gasteiger partial charge in [0.2, 0.25) is 0 Å². The van der Waals surface area contributed by atoms with Gasteiger partial charge in [-0.3, -0.25) is 9.89 Å². The van der Waals surface area contributed by atoms with Crippen molar-refractivity contribution in [1.29, 1.82) is 0 Å². The van der Waals surface area contributed by atoms with E-state index in [0.717, 1.165) is 53.6 Å². The fourth-order valence-corrected chi connectivity index (χ4v) is 4.65. The van der Waals surface area contributed by atoms with Crippen molar-refractivity contribution in [1.82, 2.24) is 9.80 Å². The van der Waals surface area contributed by atoms with Gasteiger partial charge in [-0.25, -0.2) is 10.0 Å². The van der Waals surface area contributed by atoms with E-state index in [4.69, 9.17) is 15.1 Å². The maximum atomic E-state index is 5.04. The van der Waals surface area contributed by atoms with Gasteiger partial charge in [-0.1, -0.05) is 15.9 Å². The molecule has 136 valence electrons. The van der Waals surface area contributed by atoms with Crippen molar-refractivity contribution in [3.05, 3.63) is 22.7 Å². The van der Waals surface area contributed by atoms with Crippen molar-refractivity contribution in [3.8, 4) is 0 Å². The average Bonchev–Trinajstić information content (AvgIpc) is 3.01. The van der Waals surface area contributed by atoms with Crippen LogP contribution in [0.5, 0.6) is 0 Å². The number of amidine groups is 2. The smallest absolute Gasteiger partial charge is 0.193 e. The predicted molar refractivity (Wildman–Crippen MR) is 110 cm³/mol. The van der Waals surface area contributed by atoms with Crippen LogP contribution in [-0.4, -0.2) is 65.9 Å². The van der Waals surface area contributed by atoms with Crippen LogP contribution in [0.3, 0.4) is 0 Å². The number of nitrogens with zero attached hydrogens (tertiary/aromatic N) is 6. The Bertz CT molecular complexity index is 816. The zero-order chi connectivity index (χ0) is 17.7. The number of aliphatic imine (C=N–C) groups is 2. The summed E-state index contributed by atoms with van der Waals surface area (Å²) >= 11 is 3.58. The molecule has 0 amide bonds. The van der Waals surface area contributed by atoms with Gasteiger partial charge in [0.1, 0.15) is 0 Å². The molecule has 5 rings (SSSR count). The van der Waals surface area contributed by atoms with Crippen molar-refractivity contribution in [3.63, 3.8) is 0 Å².